The molecule has 4 nitrogen and oxygen atoms in total. The second kappa shape index (κ2) is 8.00. The number of methoxy groups -OCH3 is 1. The molecule has 0 amide bonds. The van der Waals surface area contributed by atoms with Crippen LogP contribution in [0.3, 0.4) is 0 Å². The lowest BCUT2D eigenvalue weighted by Crippen LogP contribution is -2.11. The van der Waals surface area contributed by atoms with Gasteiger partial charge in [-0.25, -0.2) is 4.79 Å². The van der Waals surface area contributed by atoms with Gasteiger partial charge in [-0.15, -0.1) is 0 Å². The van der Waals surface area contributed by atoms with E-state index in [2.05, 4.69) is 0 Å². The molecule has 0 aliphatic heterocycles. The van der Waals surface area contributed by atoms with Gasteiger partial charge >= 0.3 is 5.97 Å². The average Bonchev–Trinajstić information content (AvgIpc) is 3.07. The fourth-order valence-corrected chi connectivity index (χ4v) is 3.27. The van der Waals surface area contributed by atoms with Crippen LogP contribution in [0, 0.1) is 5.92 Å². The van der Waals surface area contributed by atoms with Crippen LogP contribution in [0.2, 0.25) is 5.02 Å². The maximum atomic E-state index is 12.5. The van der Waals surface area contributed by atoms with Gasteiger partial charge in [-0.3, -0.25) is 0 Å². The first-order valence-electron chi connectivity index (χ1n) is 8.82. The van der Waals surface area contributed by atoms with Gasteiger partial charge in [-0.05, 0) is 60.6 Å². The highest BCUT2D eigenvalue weighted by atomic mass is 35.5. The normalized spacial score (nSPS) is 12.8. The van der Waals surface area contributed by atoms with Crippen molar-refractivity contribution in [2.45, 2.75) is 33.1 Å². The average molecular weight is 375 g/mol. The SMILES string of the molecule is COc1cc(C(=O)Oc2ccc3c(c2)CCC3)cc(Cl)c1OCC(C)C. The molecule has 0 aromatic heterocycles. The molecule has 0 fully saturated rings. The van der Waals surface area contributed by atoms with Crippen molar-refractivity contribution in [3.05, 3.63) is 52.0 Å². The van der Waals surface area contributed by atoms with E-state index >= 15 is 0 Å². The van der Waals surface area contributed by atoms with Crippen LogP contribution in [-0.2, 0) is 12.8 Å². The highest BCUT2D eigenvalue weighted by molar-refractivity contribution is 6.32. The molecule has 0 N–H and O–H groups in total. The van der Waals surface area contributed by atoms with Crippen LogP contribution in [0.25, 0.3) is 0 Å². The molecule has 3 rings (SSSR count). The summed E-state index contributed by atoms with van der Waals surface area (Å²) in [4.78, 5) is 12.5. The van der Waals surface area contributed by atoms with Crippen molar-refractivity contribution < 1.29 is 19.0 Å². The highest BCUT2D eigenvalue weighted by Gasteiger charge is 2.19. The molecule has 1 aliphatic carbocycles. The molecular weight excluding hydrogens is 352 g/mol. The number of hydrogen-bond donors (Lipinski definition) is 0. The number of carbonyl (C=O) groups is 1. The van der Waals surface area contributed by atoms with Crippen LogP contribution in [0.4, 0.5) is 0 Å². The van der Waals surface area contributed by atoms with E-state index in [0.717, 1.165) is 19.3 Å². The van der Waals surface area contributed by atoms with Gasteiger partial charge in [0.05, 0.1) is 24.3 Å². The Kier molecular flexibility index (Phi) is 5.72. The Morgan fingerprint density at radius 3 is 2.65 bits per heavy atom. The second-order valence-corrected chi connectivity index (χ2v) is 7.28. The lowest BCUT2D eigenvalue weighted by Gasteiger charge is -2.15. The summed E-state index contributed by atoms with van der Waals surface area (Å²) in [6.07, 6.45) is 3.27. The van der Waals surface area contributed by atoms with E-state index in [-0.39, 0.29) is 0 Å². The molecule has 0 spiro atoms. The minimum atomic E-state index is -0.474. The number of ether oxygens (including phenoxy) is 3. The molecule has 26 heavy (non-hydrogen) atoms. The molecular formula is C21H23ClO4. The summed E-state index contributed by atoms with van der Waals surface area (Å²) < 4.78 is 16.6. The first kappa shape index (κ1) is 18.6. The molecule has 0 radical (unpaired) electrons. The summed E-state index contributed by atoms with van der Waals surface area (Å²) in [5, 5.41) is 0.325. The molecule has 138 valence electrons. The number of aryl methyl sites for hydroxylation is 2. The zero-order chi connectivity index (χ0) is 18.7. The molecule has 0 saturated carbocycles. The zero-order valence-corrected chi connectivity index (χ0v) is 16.1. The van der Waals surface area contributed by atoms with Crippen molar-refractivity contribution in [3.8, 4) is 17.2 Å². The Hall–Kier alpha value is -2.20. The third-order valence-corrected chi connectivity index (χ3v) is 4.59. The number of esters is 1. The van der Waals surface area contributed by atoms with Crippen molar-refractivity contribution in [2.24, 2.45) is 5.92 Å². The van der Waals surface area contributed by atoms with E-state index in [9.17, 15) is 4.79 Å². The monoisotopic (exact) mass is 374 g/mol. The van der Waals surface area contributed by atoms with Gasteiger partial charge < -0.3 is 14.2 Å². The van der Waals surface area contributed by atoms with Crippen LogP contribution in [-0.4, -0.2) is 19.7 Å². The van der Waals surface area contributed by atoms with Gasteiger partial charge in [-0.2, -0.15) is 0 Å². The van der Waals surface area contributed by atoms with Gasteiger partial charge in [0.1, 0.15) is 5.75 Å². The first-order chi connectivity index (χ1) is 12.5. The van der Waals surface area contributed by atoms with Gasteiger partial charge in [0.25, 0.3) is 0 Å². The minimum absolute atomic E-state index is 0.323. The molecule has 2 aromatic rings. The van der Waals surface area contributed by atoms with Crippen LogP contribution in [0.1, 0.15) is 41.8 Å². The Labute approximate surface area is 159 Å². The Balaban J connectivity index is 1.79. The van der Waals surface area contributed by atoms with E-state index in [0.29, 0.717) is 40.4 Å². The predicted molar refractivity (Wildman–Crippen MR) is 102 cm³/mol. The lowest BCUT2D eigenvalue weighted by molar-refractivity contribution is 0.0734. The van der Waals surface area contributed by atoms with Gasteiger partial charge in [-0.1, -0.05) is 31.5 Å². The summed E-state index contributed by atoms with van der Waals surface area (Å²) in [7, 11) is 1.52. The van der Waals surface area contributed by atoms with Gasteiger partial charge in [0.15, 0.2) is 11.5 Å². The zero-order valence-electron chi connectivity index (χ0n) is 15.3. The van der Waals surface area contributed by atoms with E-state index in [1.165, 1.54) is 18.2 Å². The van der Waals surface area contributed by atoms with Crippen molar-refractivity contribution in [1.29, 1.82) is 0 Å². The quantitative estimate of drug-likeness (QED) is 0.521. The largest absolute Gasteiger partial charge is 0.493 e. The summed E-state index contributed by atoms with van der Waals surface area (Å²) in [6, 6.07) is 8.95. The third kappa shape index (κ3) is 4.13. The Morgan fingerprint density at radius 1 is 1.15 bits per heavy atom. The molecule has 0 unspecified atom stereocenters. The molecule has 2 aromatic carbocycles. The molecule has 0 saturated heterocycles. The third-order valence-electron chi connectivity index (χ3n) is 4.31. The molecule has 1 aliphatic rings. The van der Waals surface area contributed by atoms with Gasteiger partial charge in [0, 0.05) is 0 Å². The van der Waals surface area contributed by atoms with Gasteiger partial charge in [0.2, 0.25) is 0 Å². The molecule has 0 atom stereocenters. The number of carbonyl (C=O) groups excluding carboxylic acids is 1. The number of benzene rings is 2. The van der Waals surface area contributed by atoms with Crippen molar-refractivity contribution in [1.82, 2.24) is 0 Å². The fourth-order valence-electron chi connectivity index (χ4n) is 3.01. The van der Waals surface area contributed by atoms with Crippen molar-refractivity contribution >= 4 is 17.6 Å². The topological polar surface area (TPSA) is 44.8 Å². The molecule has 0 heterocycles. The van der Waals surface area contributed by atoms with E-state index in [1.807, 2.05) is 32.0 Å². The standard InChI is InChI=1S/C21H23ClO4/c1-13(2)12-25-20-18(22)10-16(11-19(20)24-3)21(23)26-17-8-7-14-5-4-6-15(14)9-17/h7-11,13H,4-6,12H2,1-3H3. The number of halogens is 1. The van der Waals surface area contributed by atoms with Crippen LogP contribution < -0.4 is 14.2 Å². The maximum absolute atomic E-state index is 12.5. The predicted octanol–water partition coefficient (Wildman–Crippen LogP) is 5.09. The lowest BCUT2D eigenvalue weighted by atomic mass is 10.1. The second-order valence-electron chi connectivity index (χ2n) is 6.87. The van der Waals surface area contributed by atoms with Crippen LogP contribution in [0.5, 0.6) is 17.2 Å². The Bertz CT molecular complexity index is 814. The fraction of sp³-hybridized carbons (Fsp3) is 0.381. The summed E-state index contributed by atoms with van der Waals surface area (Å²) in [5.74, 6) is 1.28. The molecule has 5 heteroatoms. The highest BCUT2D eigenvalue weighted by Crippen LogP contribution is 2.37. The maximum Gasteiger partial charge on any atom is 0.343 e. The van der Waals surface area contributed by atoms with Crippen LogP contribution in [0.15, 0.2) is 30.3 Å². The summed E-state index contributed by atoms with van der Waals surface area (Å²) in [5.41, 5.74) is 2.91. The smallest absolute Gasteiger partial charge is 0.343 e. The number of fused-ring (bicyclic) bond motifs is 1. The van der Waals surface area contributed by atoms with Crippen molar-refractivity contribution in [2.75, 3.05) is 13.7 Å². The van der Waals surface area contributed by atoms with E-state index < -0.39 is 5.97 Å². The van der Waals surface area contributed by atoms with E-state index in [4.69, 9.17) is 25.8 Å². The number of rotatable bonds is 6. The molecule has 0 bridgehead atoms. The minimum Gasteiger partial charge on any atom is -0.493 e. The Morgan fingerprint density at radius 2 is 1.92 bits per heavy atom. The number of hydrogen-bond acceptors (Lipinski definition) is 4. The van der Waals surface area contributed by atoms with E-state index in [1.54, 1.807) is 12.1 Å². The summed E-state index contributed by atoms with van der Waals surface area (Å²) in [6.45, 7) is 4.60. The van der Waals surface area contributed by atoms with Crippen LogP contribution >= 0.6 is 11.6 Å². The first-order valence-corrected chi connectivity index (χ1v) is 9.20. The van der Waals surface area contributed by atoms with Crippen molar-refractivity contribution in [3.63, 3.8) is 0 Å². The summed E-state index contributed by atoms with van der Waals surface area (Å²) >= 11 is 6.31.